The molecule has 1 saturated heterocycles. The third-order valence-electron chi connectivity index (χ3n) is 2.95. The molecular weight excluding hydrogens is 216 g/mol. The first-order valence-electron chi connectivity index (χ1n) is 5.99. The molecule has 1 atom stereocenters. The van der Waals surface area contributed by atoms with E-state index >= 15 is 0 Å². The maximum Gasteiger partial charge on any atom is 0.239 e. The fourth-order valence-electron chi connectivity index (χ4n) is 1.98. The summed E-state index contributed by atoms with van der Waals surface area (Å²) in [5, 5.41) is 0. The van der Waals surface area contributed by atoms with Crippen molar-refractivity contribution in [2.24, 2.45) is 5.73 Å². The molecule has 0 aromatic heterocycles. The van der Waals surface area contributed by atoms with Gasteiger partial charge >= 0.3 is 0 Å². The number of ether oxygens (including phenoxy) is 1. The van der Waals surface area contributed by atoms with E-state index in [2.05, 4.69) is 0 Å². The Balaban J connectivity index is 1.77. The van der Waals surface area contributed by atoms with E-state index in [4.69, 9.17) is 10.5 Å². The molecular formula is C13H18N2O2. The fourth-order valence-corrected chi connectivity index (χ4v) is 1.98. The van der Waals surface area contributed by atoms with Crippen molar-refractivity contribution in [1.29, 1.82) is 0 Å². The molecule has 0 bridgehead atoms. The number of hydrogen-bond donors (Lipinski definition) is 1. The molecule has 4 heteroatoms. The normalized spacial score (nSPS) is 20.4. The predicted octanol–water partition coefficient (Wildman–Crippen LogP) is 1.02. The molecule has 1 amide bonds. The van der Waals surface area contributed by atoms with Crippen molar-refractivity contribution in [3.8, 4) is 5.75 Å². The predicted molar refractivity (Wildman–Crippen MR) is 65.7 cm³/mol. The highest BCUT2D eigenvalue weighted by Crippen LogP contribution is 2.11. The van der Waals surface area contributed by atoms with E-state index in [1.807, 2.05) is 30.3 Å². The van der Waals surface area contributed by atoms with E-state index in [1.165, 1.54) is 0 Å². The molecule has 1 unspecified atom stereocenters. The van der Waals surface area contributed by atoms with Crippen LogP contribution in [0.2, 0.25) is 0 Å². The SMILES string of the molecule is NC1CCCN(CCOc2ccccc2)C1=O. The Morgan fingerprint density at radius 2 is 2.12 bits per heavy atom. The fraction of sp³-hybridized carbons (Fsp3) is 0.462. The molecule has 0 spiro atoms. The molecule has 1 aromatic carbocycles. The molecule has 1 aliphatic heterocycles. The zero-order valence-electron chi connectivity index (χ0n) is 9.84. The molecule has 4 nitrogen and oxygen atoms in total. The van der Waals surface area contributed by atoms with Crippen LogP contribution in [0.1, 0.15) is 12.8 Å². The monoisotopic (exact) mass is 234 g/mol. The lowest BCUT2D eigenvalue weighted by molar-refractivity contribution is -0.135. The standard InChI is InChI=1S/C13H18N2O2/c14-12-7-4-8-15(13(12)16)9-10-17-11-5-2-1-3-6-11/h1-3,5-6,12H,4,7-10,14H2. The number of nitrogens with two attached hydrogens (primary N) is 1. The lowest BCUT2D eigenvalue weighted by Crippen LogP contribution is -2.49. The van der Waals surface area contributed by atoms with Crippen LogP contribution in [0.25, 0.3) is 0 Å². The minimum atomic E-state index is -0.319. The van der Waals surface area contributed by atoms with Crippen molar-refractivity contribution in [3.63, 3.8) is 0 Å². The van der Waals surface area contributed by atoms with Crippen LogP contribution in [-0.2, 0) is 4.79 Å². The zero-order valence-corrected chi connectivity index (χ0v) is 9.84. The summed E-state index contributed by atoms with van der Waals surface area (Å²) in [5.74, 6) is 0.883. The number of rotatable bonds is 4. The van der Waals surface area contributed by atoms with Crippen LogP contribution in [0.5, 0.6) is 5.75 Å². The lowest BCUT2D eigenvalue weighted by Gasteiger charge is -2.30. The third kappa shape index (κ3) is 3.20. The molecule has 2 N–H and O–H groups in total. The first kappa shape index (κ1) is 11.9. The minimum Gasteiger partial charge on any atom is -0.492 e. The molecule has 17 heavy (non-hydrogen) atoms. The number of para-hydroxylation sites is 1. The highest BCUT2D eigenvalue weighted by molar-refractivity contribution is 5.82. The number of carbonyl (C=O) groups excluding carboxylic acids is 1. The van der Waals surface area contributed by atoms with E-state index in [0.717, 1.165) is 25.1 Å². The van der Waals surface area contributed by atoms with Gasteiger partial charge in [-0.25, -0.2) is 0 Å². The van der Waals surface area contributed by atoms with Gasteiger partial charge in [0.15, 0.2) is 0 Å². The smallest absolute Gasteiger partial charge is 0.239 e. The van der Waals surface area contributed by atoms with Crippen LogP contribution >= 0.6 is 0 Å². The Bertz CT molecular complexity index is 367. The third-order valence-corrected chi connectivity index (χ3v) is 2.95. The quantitative estimate of drug-likeness (QED) is 0.846. The average molecular weight is 234 g/mol. The van der Waals surface area contributed by atoms with Crippen LogP contribution in [0, 0.1) is 0 Å². The van der Waals surface area contributed by atoms with E-state index in [-0.39, 0.29) is 11.9 Å². The average Bonchev–Trinajstić information content (AvgIpc) is 2.36. The number of likely N-dealkylation sites (tertiary alicyclic amines) is 1. The Hall–Kier alpha value is -1.55. The largest absolute Gasteiger partial charge is 0.492 e. The van der Waals surface area contributed by atoms with Crippen LogP contribution in [0.4, 0.5) is 0 Å². The van der Waals surface area contributed by atoms with Crippen molar-refractivity contribution >= 4 is 5.91 Å². The summed E-state index contributed by atoms with van der Waals surface area (Å²) in [4.78, 5) is 13.5. The van der Waals surface area contributed by atoms with Crippen molar-refractivity contribution < 1.29 is 9.53 Å². The summed E-state index contributed by atoms with van der Waals surface area (Å²) >= 11 is 0. The van der Waals surface area contributed by atoms with Gasteiger partial charge in [0.05, 0.1) is 12.6 Å². The van der Waals surface area contributed by atoms with Crippen LogP contribution in [-0.4, -0.2) is 36.5 Å². The van der Waals surface area contributed by atoms with E-state index in [0.29, 0.717) is 13.2 Å². The second-order valence-electron chi connectivity index (χ2n) is 4.24. The van der Waals surface area contributed by atoms with Crippen molar-refractivity contribution in [2.75, 3.05) is 19.7 Å². The molecule has 0 saturated carbocycles. The summed E-state index contributed by atoms with van der Waals surface area (Å²) in [6.45, 7) is 1.93. The molecule has 92 valence electrons. The van der Waals surface area contributed by atoms with Gasteiger partial charge in [-0.3, -0.25) is 4.79 Å². The number of carbonyl (C=O) groups is 1. The molecule has 1 heterocycles. The number of benzene rings is 1. The van der Waals surface area contributed by atoms with Crippen LogP contribution < -0.4 is 10.5 Å². The second kappa shape index (κ2) is 5.68. The maximum absolute atomic E-state index is 11.7. The van der Waals surface area contributed by atoms with Gasteiger partial charge in [-0.2, -0.15) is 0 Å². The van der Waals surface area contributed by atoms with E-state index in [9.17, 15) is 4.79 Å². The molecule has 0 aliphatic carbocycles. The van der Waals surface area contributed by atoms with Gasteiger partial charge < -0.3 is 15.4 Å². The van der Waals surface area contributed by atoms with Gasteiger partial charge in [-0.1, -0.05) is 18.2 Å². The number of nitrogens with zero attached hydrogens (tertiary/aromatic N) is 1. The van der Waals surface area contributed by atoms with Gasteiger partial charge in [0.25, 0.3) is 0 Å². The van der Waals surface area contributed by atoms with Gasteiger partial charge in [0.1, 0.15) is 12.4 Å². The van der Waals surface area contributed by atoms with Gasteiger partial charge in [0.2, 0.25) is 5.91 Å². The van der Waals surface area contributed by atoms with Crippen LogP contribution in [0.3, 0.4) is 0 Å². The summed E-state index contributed by atoms with van der Waals surface area (Å²) in [6.07, 6.45) is 1.78. The molecule has 2 rings (SSSR count). The van der Waals surface area contributed by atoms with Gasteiger partial charge in [0, 0.05) is 6.54 Å². The molecule has 1 fully saturated rings. The lowest BCUT2D eigenvalue weighted by atomic mass is 10.1. The second-order valence-corrected chi connectivity index (χ2v) is 4.24. The topological polar surface area (TPSA) is 55.6 Å². The molecule has 0 radical (unpaired) electrons. The molecule has 1 aliphatic rings. The zero-order chi connectivity index (χ0) is 12.1. The first-order chi connectivity index (χ1) is 8.27. The summed E-state index contributed by atoms with van der Waals surface area (Å²) in [5.41, 5.74) is 5.72. The summed E-state index contributed by atoms with van der Waals surface area (Å²) < 4.78 is 5.56. The van der Waals surface area contributed by atoms with Gasteiger partial charge in [-0.05, 0) is 25.0 Å². The Kier molecular flexibility index (Phi) is 3.98. The Labute approximate surface area is 101 Å². The van der Waals surface area contributed by atoms with E-state index in [1.54, 1.807) is 4.90 Å². The van der Waals surface area contributed by atoms with Crippen molar-refractivity contribution in [3.05, 3.63) is 30.3 Å². The number of hydrogen-bond acceptors (Lipinski definition) is 3. The highest BCUT2D eigenvalue weighted by Gasteiger charge is 2.24. The van der Waals surface area contributed by atoms with Gasteiger partial charge in [-0.15, -0.1) is 0 Å². The van der Waals surface area contributed by atoms with Crippen molar-refractivity contribution in [2.45, 2.75) is 18.9 Å². The van der Waals surface area contributed by atoms with Crippen LogP contribution in [0.15, 0.2) is 30.3 Å². The summed E-state index contributed by atoms with van der Waals surface area (Å²) in [7, 11) is 0. The molecule has 1 aromatic rings. The van der Waals surface area contributed by atoms with E-state index < -0.39 is 0 Å². The summed E-state index contributed by atoms with van der Waals surface area (Å²) in [6, 6.07) is 9.29. The maximum atomic E-state index is 11.7. The minimum absolute atomic E-state index is 0.0490. The Morgan fingerprint density at radius 3 is 2.88 bits per heavy atom. The number of amides is 1. The number of piperidine rings is 1. The highest BCUT2D eigenvalue weighted by atomic mass is 16.5. The first-order valence-corrected chi connectivity index (χ1v) is 5.99. The van der Waals surface area contributed by atoms with Crippen molar-refractivity contribution in [1.82, 2.24) is 4.90 Å². The Morgan fingerprint density at radius 1 is 1.35 bits per heavy atom.